The van der Waals surface area contributed by atoms with Crippen LogP contribution >= 0.6 is 12.4 Å². The number of nitrogens with zero attached hydrogens (tertiary/aromatic N) is 2. The van der Waals surface area contributed by atoms with E-state index < -0.39 is 10.0 Å². The molecule has 0 bridgehead atoms. The van der Waals surface area contributed by atoms with Gasteiger partial charge < -0.3 is 10.6 Å². The lowest BCUT2D eigenvalue weighted by atomic mass is 10.4. The molecule has 0 spiro atoms. The van der Waals surface area contributed by atoms with E-state index in [1.165, 1.54) is 4.31 Å². The zero-order valence-electron chi connectivity index (χ0n) is 11.6. The molecule has 1 aliphatic heterocycles. The van der Waals surface area contributed by atoms with Crippen LogP contribution in [-0.2, 0) is 14.8 Å². The Kier molecular flexibility index (Phi) is 6.60. The van der Waals surface area contributed by atoms with Crippen LogP contribution in [0.25, 0.3) is 0 Å². The van der Waals surface area contributed by atoms with E-state index in [0.717, 1.165) is 0 Å². The van der Waals surface area contributed by atoms with Gasteiger partial charge in [0.1, 0.15) is 0 Å². The van der Waals surface area contributed by atoms with E-state index in [-0.39, 0.29) is 24.9 Å². The summed E-state index contributed by atoms with van der Waals surface area (Å²) in [5.74, 6) is -0.135. The number of nitrogens with two attached hydrogens (primary N) is 1. The Hall–Kier alpha value is -1.15. The van der Waals surface area contributed by atoms with Crippen LogP contribution in [0.2, 0.25) is 0 Å². The number of benzene rings is 1. The van der Waals surface area contributed by atoms with Crippen LogP contribution in [0.1, 0.15) is 6.42 Å². The molecule has 0 aliphatic carbocycles. The maximum atomic E-state index is 12.5. The first kappa shape index (κ1) is 17.9. The summed E-state index contributed by atoms with van der Waals surface area (Å²) in [5, 5.41) is 0. The van der Waals surface area contributed by atoms with E-state index in [9.17, 15) is 13.2 Å². The van der Waals surface area contributed by atoms with Gasteiger partial charge in [-0.2, -0.15) is 4.31 Å². The molecule has 1 amide bonds. The molecule has 1 fully saturated rings. The minimum atomic E-state index is -3.48. The first-order chi connectivity index (χ1) is 9.55. The fourth-order valence-electron chi connectivity index (χ4n) is 2.25. The van der Waals surface area contributed by atoms with Crippen LogP contribution in [0.15, 0.2) is 35.2 Å². The largest absolute Gasteiger partial charge is 0.340 e. The molecule has 1 saturated heterocycles. The van der Waals surface area contributed by atoms with Gasteiger partial charge in [0.25, 0.3) is 0 Å². The molecule has 8 heteroatoms. The Bertz CT molecular complexity index is 565. The summed E-state index contributed by atoms with van der Waals surface area (Å²) in [5.41, 5.74) is 5.34. The number of sulfonamides is 1. The minimum absolute atomic E-state index is 0. The fourth-order valence-corrected chi connectivity index (χ4v) is 3.74. The van der Waals surface area contributed by atoms with Crippen LogP contribution in [0.4, 0.5) is 0 Å². The zero-order chi connectivity index (χ0) is 14.6. The molecule has 0 atom stereocenters. The number of hydrogen-bond acceptors (Lipinski definition) is 4. The highest BCUT2D eigenvalue weighted by atomic mass is 35.5. The molecule has 1 aromatic carbocycles. The van der Waals surface area contributed by atoms with Crippen LogP contribution in [-0.4, -0.2) is 56.3 Å². The van der Waals surface area contributed by atoms with Crippen LogP contribution in [0, 0.1) is 0 Å². The third kappa shape index (κ3) is 4.16. The van der Waals surface area contributed by atoms with Crippen LogP contribution in [0.3, 0.4) is 0 Å². The van der Waals surface area contributed by atoms with Crippen molar-refractivity contribution in [3.63, 3.8) is 0 Å². The van der Waals surface area contributed by atoms with Gasteiger partial charge in [0.15, 0.2) is 0 Å². The maximum absolute atomic E-state index is 12.5. The average Bonchev–Trinajstić information content (AvgIpc) is 2.73. The molecule has 2 N–H and O–H groups in total. The van der Waals surface area contributed by atoms with Crippen LogP contribution < -0.4 is 5.73 Å². The van der Waals surface area contributed by atoms with Gasteiger partial charge in [0.2, 0.25) is 15.9 Å². The van der Waals surface area contributed by atoms with Crippen molar-refractivity contribution in [2.24, 2.45) is 5.73 Å². The fraction of sp³-hybridized carbons (Fsp3) is 0.462. The maximum Gasteiger partial charge on any atom is 0.243 e. The SMILES string of the molecule is Cl.NCC(=O)N1CCCN(S(=O)(=O)c2ccccc2)CC1. The number of rotatable bonds is 3. The van der Waals surface area contributed by atoms with Crippen LogP contribution in [0.5, 0.6) is 0 Å². The Morgan fingerprint density at radius 2 is 1.76 bits per heavy atom. The summed E-state index contributed by atoms with van der Waals surface area (Å²) in [6, 6.07) is 8.36. The highest BCUT2D eigenvalue weighted by molar-refractivity contribution is 7.89. The molecule has 1 aliphatic rings. The summed E-state index contributed by atoms with van der Waals surface area (Å²) in [6.07, 6.45) is 0.623. The molecule has 21 heavy (non-hydrogen) atoms. The van der Waals surface area contributed by atoms with E-state index >= 15 is 0 Å². The molecule has 0 saturated carbocycles. The van der Waals surface area contributed by atoms with Gasteiger partial charge in [-0.05, 0) is 18.6 Å². The quantitative estimate of drug-likeness (QED) is 0.861. The predicted octanol–water partition coefficient (Wildman–Crippen LogP) is 0.290. The Labute approximate surface area is 131 Å². The molecule has 0 unspecified atom stereocenters. The second-order valence-corrected chi connectivity index (χ2v) is 6.59. The van der Waals surface area contributed by atoms with E-state index in [1.54, 1.807) is 35.2 Å². The third-order valence-electron chi connectivity index (χ3n) is 3.36. The minimum Gasteiger partial charge on any atom is -0.340 e. The van der Waals surface area contributed by atoms with E-state index in [4.69, 9.17) is 5.73 Å². The second kappa shape index (κ2) is 7.74. The summed E-state index contributed by atoms with van der Waals surface area (Å²) in [7, 11) is -3.48. The van der Waals surface area contributed by atoms with Gasteiger partial charge in [-0.15, -0.1) is 12.4 Å². The predicted molar refractivity (Wildman–Crippen MR) is 82.7 cm³/mol. The standard InChI is InChI=1S/C13H19N3O3S.ClH/c14-11-13(17)15-7-4-8-16(10-9-15)20(18,19)12-5-2-1-3-6-12;/h1-3,5-6H,4,7-11,14H2;1H. The van der Waals surface area contributed by atoms with Crippen molar-refractivity contribution in [2.75, 3.05) is 32.7 Å². The molecular weight excluding hydrogens is 314 g/mol. The van der Waals surface area contributed by atoms with Crippen molar-refractivity contribution in [3.8, 4) is 0 Å². The monoisotopic (exact) mass is 333 g/mol. The van der Waals surface area contributed by atoms with Crippen molar-refractivity contribution in [1.82, 2.24) is 9.21 Å². The molecule has 118 valence electrons. The van der Waals surface area contributed by atoms with Crippen molar-refractivity contribution < 1.29 is 13.2 Å². The highest BCUT2D eigenvalue weighted by Gasteiger charge is 2.27. The lowest BCUT2D eigenvalue weighted by molar-refractivity contribution is -0.129. The number of amides is 1. The van der Waals surface area contributed by atoms with Crippen molar-refractivity contribution in [3.05, 3.63) is 30.3 Å². The molecule has 1 aromatic rings. The Balaban J connectivity index is 0.00000220. The van der Waals surface area contributed by atoms with Crippen molar-refractivity contribution in [1.29, 1.82) is 0 Å². The van der Waals surface area contributed by atoms with Gasteiger partial charge in [0, 0.05) is 26.2 Å². The van der Waals surface area contributed by atoms with E-state index in [1.807, 2.05) is 0 Å². The van der Waals surface area contributed by atoms with Gasteiger partial charge in [-0.1, -0.05) is 18.2 Å². The molecule has 2 rings (SSSR count). The summed E-state index contributed by atoms with van der Waals surface area (Å²) >= 11 is 0. The van der Waals surface area contributed by atoms with Gasteiger partial charge in [-0.25, -0.2) is 8.42 Å². The summed E-state index contributed by atoms with van der Waals surface area (Å²) < 4.78 is 26.4. The number of carbonyl (C=O) groups excluding carboxylic acids is 1. The lowest BCUT2D eigenvalue weighted by Gasteiger charge is -2.21. The average molecular weight is 334 g/mol. The number of carbonyl (C=O) groups is 1. The number of hydrogen-bond donors (Lipinski definition) is 1. The van der Waals surface area contributed by atoms with Crippen molar-refractivity contribution >= 4 is 28.3 Å². The first-order valence-electron chi connectivity index (χ1n) is 6.59. The molecule has 6 nitrogen and oxygen atoms in total. The second-order valence-electron chi connectivity index (χ2n) is 4.66. The van der Waals surface area contributed by atoms with Gasteiger partial charge in [-0.3, -0.25) is 4.79 Å². The first-order valence-corrected chi connectivity index (χ1v) is 8.03. The van der Waals surface area contributed by atoms with Crippen molar-refractivity contribution in [2.45, 2.75) is 11.3 Å². The molecule has 0 radical (unpaired) electrons. The number of halogens is 1. The molecular formula is C13H20ClN3O3S. The van der Waals surface area contributed by atoms with E-state index in [2.05, 4.69) is 0 Å². The topological polar surface area (TPSA) is 83.7 Å². The molecule has 0 aromatic heterocycles. The van der Waals surface area contributed by atoms with Gasteiger partial charge in [0.05, 0.1) is 11.4 Å². The molecule has 1 heterocycles. The normalized spacial score (nSPS) is 16.9. The van der Waals surface area contributed by atoms with Gasteiger partial charge >= 0.3 is 0 Å². The Morgan fingerprint density at radius 1 is 1.10 bits per heavy atom. The summed E-state index contributed by atoms with van der Waals surface area (Å²) in [6.45, 7) is 1.64. The Morgan fingerprint density at radius 3 is 2.38 bits per heavy atom. The third-order valence-corrected chi connectivity index (χ3v) is 5.28. The highest BCUT2D eigenvalue weighted by Crippen LogP contribution is 2.17. The zero-order valence-corrected chi connectivity index (χ0v) is 13.3. The summed E-state index contributed by atoms with van der Waals surface area (Å²) in [4.78, 5) is 13.5. The lowest BCUT2D eigenvalue weighted by Crippen LogP contribution is -2.39. The smallest absolute Gasteiger partial charge is 0.243 e. The van der Waals surface area contributed by atoms with E-state index in [0.29, 0.717) is 37.5 Å².